The number of ether oxygens (including phenoxy) is 2. The van der Waals surface area contributed by atoms with Crippen molar-refractivity contribution in [2.24, 2.45) is 0 Å². The van der Waals surface area contributed by atoms with Crippen molar-refractivity contribution in [1.29, 1.82) is 0 Å². The lowest BCUT2D eigenvalue weighted by molar-refractivity contribution is 0.201. The molecule has 0 saturated carbocycles. The fraction of sp³-hybridized carbons (Fsp3) is 0.250. The molecule has 0 aliphatic rings. The summed E-state index contributed by atoms with van der Waals surface area (Å²) in [4.78, 5) is 5.50. The Labute approximate surface area is 119 Å². The Morgan fingerprint density at radius 1 is 0.800 bits per heavy atom. The zero-order chi connectivity index (χ0) is 14.5. The Hall–Kier alpha value is -2.20. The average molecular weight is 273 g/mol. The van der Waals surface area contributed by atoms with Crippen LogP contribution in [0.3, 0.4) is 0 Å². The number of rotatable bonds is 5. The number of nitrogens with zero attached hydrogens (tertiary/aromatic N) is 1. The molecule has 4 nitrogen and oxygen atoms in total. The molecule has 0 amide bonds. The minimum absolute atomic E-state index is 0.816. The predicted molar refractivity (Wildman–Crippen MR) is 79.9 cm³/mol. The lowest BCUT2D eigenvalue weighted by Gasteiger charge is -2.24. The van der Waals surface area contributed by atoms with E-state index in [1.165, 1.54) is 0 Å². The van der Waals surface area contributed by atoms with Crippen molar-refractivity contribution in [3.05, 3.63) is 48.0 Å². The number of methoxy groups -OCH3 is 2. The van der Waals surface area contributed by atoms with Gasteiger partial charge in [0.1, 0.15) is 11.5 Å². The zero-order valence-electron chi connectivity index (χ0n) is 12.2. The molecule has 0 N–H and O–H groups in total. The molecule has 2 aromatic rings. The van der Waals surface area contributed by atoms with E-state index in [0.717, 1.165) is 28.4 Å². The van der Waals surface area contributed by atoms with Gasteiger partial charge in [0.2, 0.25) is 0 Å². The van der Waals surface area contributed by atoms with E-state index >= 15 is 0 Å². The molecule has 4 heteroatoms. The van der Waals surface area contributed by atoms with Gasteiger partial charge in [-0.15, -0.1) is 0 Å². The summed E-state index contributed by atoms with van der Waals surface area (Å²) >= 11 is 0. The highest BCUT2D eigenvalue weighted by Gasteiger charge is 2.12. The second kappa shape index (κ2) is 6.30. The monoisotopic (exact) mass is 273 g/mol. The molecule has 0 saturated heterocycles. The molecule has 20 heavy (non-hydrogen) atoms. The van der Waals surface area contributed by atoms with Gasteiger partial charge in [-0.05, 0) is 55.0 Å². The van der Waals surface area contributed by atoms with Crippen molar-refractivity contribution in [2.45, 2.75) is 6.92 Å². The van der Waals surface area contributed by atoms with Gasteiger partial charge in [-0.25, -0.2) is 5.06 Å². The fourth-order valence-electron chi connectivity index (χ4n) is 2.04. The maximum absolute atomic E-state index is 5.50. The van der Waals surface area contributed by atoms with Crippen LogP contribution >= 0.6 is 0 Å². The summed E-state index contributed by atoms with van der Waals surface area (Å²) in [7, 11) is 4.95. The molecule has 0 heterocycles. The van der Waals surface area contributed by atoms with E-state index in [-0.39, 0.29) is 0 Å². The summed E-state index contributed by atoms with van der Waals surface area (Å²) in [6.45, 7) is 2.02. The van der Waals surface area contributed by atoms with Gasteiger partial charge in [0, 0.05) is 0 Å². The Morgan fingerprint density at radius 2 is 1.40 bits per heavy atom. The Kier molecular flexibility index (Phi) is 4.48. The van der Waals surface area contributed by atoms with Crippen LogP contribution in [0.1, 0.15) is 5.56 Å². The first-order valence-corrected chi connectivity index (χ1v) is 6.32. The van der Waals surface area contributed by atoms with Crippen LogP contribution in [-0.2, 0) is 4.84 Å². The summed E-state index contributed by atoms with van der Waals surface area (Å²) in [6, 6.07) is 13.6. The van der Waals surface area contributed by atoms with Crippen LogP contribution in [0.4, 0.5) is 11.4 Å². The number of anilines is 2. The van der Waals surface area contributed by atoms with Crippen molar-refractivity contribution in [3.8, 4) is 11.5 Å². The second-order valence-corrected chi connectivity index (χ2v) is 4.33. The number of aryl methyl sites for hydroxylation is 1. The van der Waals surface area contributed by atoms with Gasteiger partial charge in [0.15, 0.2) is 0 Å². The van der Waals surface area contributed by atoms with Gasteiger partial charge >= 0.3 is 0 Å². The van der Waals surface area contributed by atoms with Gasteiger partial charge in [-0.1, -0.05) is 0 Å². The minimum Gasteiger partial charge on any atom is -0.497 e. The molecule has 0 atom stereocenters. The summed E-state index contributed by atoms with van der Waals surface area (Å²) in [5, 5.41) is 1.77. The van der Waals surface area contributed by atoms with Crippen molar-refractivity contribution >= 4 is 11.4 Å². The first kappa shape index (κ1) is 14.2. The van der Waals surface area contributed by atoms with Crippen molar-refractivity contribution in [1.82, 2.24) is 0 Å². The molecule has 0 spiro atoms. The van der Waals surface area contributed by atoms with Crippen molar-refractivity contribution in [3.63, 3.8) is 0 Å². The largest absolute Gasteiger partial charge is 0.497 e. The highest BCUT2D eigenvalue weighted by molar-refractivity contribution is 5.65. The van der Waals surface area contributed by atoms with Crippen molar-refractivity contribution in [2.75, 3.05) is 26.4 Å². The maximum Gasteiger partial charge on any atom is 0.119 e. The Balaban J connectivity index is 2.35. The molecule has 2 aromatic carbocycles. The molecule has 0 aliphatic heterocycles. The van der Waals surface area contributed by atoms with E-state index in [4.69, 9.17) is 14.3 Å². The predicted octanol–water partition coefficient (Wildman–Crippen LogP) is 3.71. The lowest BCUT2D eigenvalue weighted by atomic mass is 10.1. The van der Waals surface area contributed by atoms with Gasteiger partial charge in [-0.2, -0.15) is 0 Å². The molecule has 0 aromatic heterocycles. The smallest absolute Gasteiger partial charge is 0.119 e. The normalized spacial score (nSPS) is 10.2. The third-order valence-corrected chi connectivity index (χ3v) is 3.11. The average Bonchev–Trinajstić information content (AvgIpc) is 2.50. The molecule has 0 unspecified atom stereocenters. The molecular weight excluding hydrogens is 254 g/mol. The maximum atomic E-state index is 5.50. The number of hydrogen-bond donors (Lipinski definition) is 0. The van der Waals surface area contributed by atoms with Crippen LogP contribution in [0.25, 0.3) is 0 Å². The third-order valence-electron chi connectivity index (χ3n) is 3.11. The summed E-state index contributed by atoms with van der Waals surface area (Å²) in [5.41, 5.74) is 2.97. The highest BCUT2D eigenvalue weighted by atomic mass is 16.7. The number of benzene rings is 2. The summed E-state index contributed by atoms with van der Waals surface area (Å²) in [5.74, 6) is 1.65. The van der Waals surface area contributed by atoms with Crippen LogP contribution in [-0.4, -0.2) is 21.3 Å². The van der Waals surface area contributed by atoms with E-state index in [9.17, 15) is 0 Å². The highest BCUT2D eigenvalue weighted by Crippen LogP contribution is 2.31. The quantitative estimate of drug-likeness (QED) is 0.777. The van der Waals surface area contributed by atoms with Gasteiger partial charge in [0.05, 0.1) is 32.7 Å². The molecule has 0 fully saturated rings. The first-order chi connectivity index (χ1) is 9.69. The third kappa shape index (κ3) is 2.86. The van der Waals surface area contributed by atoms with Gasteiger partial charge in [0.25, 0.3) is 0 Å². The van der Waals surface area contributed by atoms with Gasteiger partial charge < -0.3 is 9.47 Å². The van der Waals surface area contributed by atoms with E-state index in [1.807, 2.05) is 49.4 Å². The molecule has 0 aliphatic carbocycles. The zero-order valence-corrected chi connectivity index (χ0v) is 12.2. The van der Waals surface area contributed by atoms with E-state index in [2.05, 4.69) is 0 Å². The van der Waals surface area contributed by atoms with E-state index in [1.54, 1.807) is 26.4 Å². The molecule has 0 bridgehead atoms. The Bertz CT molecular complexity index is 566. The SMILES string of the molecule is COc1ccc(N(OC)c2ccc(OC)cc2C)cc1. The molecular formula is C16H19NO3. The van der Waals surface area contributed by atoms with Crippen LogP contribution in [0.2, 0.25) is 0 Å². The van der Waals surface area contributed by atoms with Crippen LogP contribution in [0.5, 0.6) is 11.5 Å². The molecule has 0 radical (unpaired) electrons. The lowest BCUT2D eigenvalue weighted by Crippen LogP contribution is -2.16. The van der Waals surface area contributed by atoms with Gasteiger partial charge in [-0.3, -0.25) is 4.84 Å². The topological polar surface area (TPSA) is 30.9 Å². The number of hydrogen-bond acceptors (Lipinski definition) is 4. The second-order valence-electron chi connectivity index (χ2n) is 4.33. The van der Waals surface area contributed by atoms with E-state index in [0.29, 0.717) is 0 Å². The summed E-state index contributed by atoms with van der Waals surface area (Å²) < 4.78 is 10.4. The van der Waals surface area contributed by atoms with Crippen LogP contribution < -0.4 is 14.5 Å². The fourth-order valence-corrected chi connectivity index (χ4v) is 2.04. The van der Waals surface area contributed by atoms with Crippen molar-refractivity contribution < 1.29 is 14.3 Å². The van der Waals surface area contributed by atoms with Crippen LogP contribution in [0, 0.1) is 6.92 Å². The van der Waals surface area contributed by atoms with E-state index < -0.39 is 0 Å². The minimum atomic E-state index is 0.816. The Morgan fingerprint density at radius 3 is 1.90 bits per heavy atom. The standard InChI is InChI=1S/C16H19NO3/c1-12-11-15(19-3)9-10-16(12)17(20-4)13-5-7-14(18-2)8-6-13/h5-11H,1-4H3. The molecule has 2 rings (SSSR count). The first-order valence-electron chi connectivity index (χ1n) is 6.32. The summed E-state index contributed by atoms with van der Waals surface area (Å²) in [6.07, 6.45) is 0. The van der Waals surface area contributed by atoms with Crippen LogP contribution in [0.15, 0.2) is 42.5 Å². The molecule has 106 valence electrons.